The Labute approximate surface area is 118 Å². The van der Waals surface area contributed by atoms with Crippen LogP contribution in [0.25, 0.3) is 0 Å². The molecule has 1 saturated carbocycles. The van der Waals surface area contributed by atoms with Gasteiger partial charge in [0.2, 0.25) is 5.91 Å². The van der Waals surface area contributed by atoms with Crippen LogP contribution < -0.4 is 0 Å². The van der Waals surface area contributed by atoms with E-state index in [1.54, 1.807) is 4.90 Å². The van der Waals surface area contributed by atoms with Crippen LogP contribution in [0.15, 0.2) is 0 Å². The molecule has 1 aliphatic carbocycles. The van der Waals surface area contributed by atoms with E-state index >= 15 is 0 Å². The largest absolute Gasteiger partial charge is 0.333 e. The molecule has 3 nitrogen and oxygen atoms in total. The highest BCUT2D eigenvalue weighted by Crippen LogP contribution is 2.18. The minimum absolute atomic E-state index is 0.0271. The van der Waals surface area contributed by atoms with Gasteiger partial charge in [-0.2, -0.15) is 0 Å². The number of Topliss-reactive ketones (excluding diaryl/α,β-unsaturated/α-hetero) is 1. The first kappa shape index (κ1) is 18.1. The van der Waals surface area contributed by atoms with Crippen molar-refractivity contribution in [3.05, 3.63) is 0 Å². The molecule has 2 aliphatic rings. The highest BCUT2D eigenvalue weighted by molar-refractivity contribution is 5.88. The van der Waals surface area contributed by atoms with Gasteiger partial charge in [0.25, 0.3) is 0 Å². The fourth-order valence-corrected chi connectivity index (χ4v) is 2.60. The molecule has 1 unspecified atom stereocenters. The summed E-state index contributed by atoms with van der Waals surface area (Å²) in [5, 5.41) is 0. The number of likely N-dealkylation sites (tertiary alicyclic amines) is 1. The second kappa shape index (κ2) is 11.0. The highest BCUT2D eigenvalue weighted by atomic mass is 16.2. The molecule has 19 heavy (non-hydrogen) atoms. The smallest absolute Gasteiger partial charge is 0.220 e. The van der Waals surface area contributed by atoms with Crippen molar-refractivity contribution in [1.82, 2.24) is 4.90 Å². The maximum absolute atomic E-state index is 11.3. The van der Waals surface area contributed by atoms with Gasteiger partial charge in [0, 0.05) is 19.9 Å². The third-order valence-corrected chi connectivity index (χ3v) is 3.63. The van der Waals surface area contributed by atoms with Crippen LogP contribution in [-0.4, -0.2) is 29.2 Å². The zero-order chi connectivity index (χ0) is 14.7. The molecule has 1 saturated heterocycles. The summed E-state index contributed by atoms with van der Waals surface area (Å²) in [6.45, 7) is 8.13. The molecular weight excluding hydrogens is 238 g/mol. The molecule has 1 heterocycles. The van der Waals surface area contributed by atoms with Crippen LogP contribution in [0.4, 0.5) is 0 Å². The Morgan fingerprint density at radius 2 is 1.47 bits per heavy atom. The van der Waals surface area contributed by atoms with Crippen molar-refractivity contribution in [2.75, 3.05) is 6.54 Å². The molecule has 0 aromatic heterocycles. The van der Waals surface area contributed by atoms with Crippen LogP contribution in [0.2, 0.25) is 0 Å². The molecule has 0 bridgehead atoms. The van der Waals surface area contributed by atoms with Crippen LogP contribution in [0, 0.1) is 0 Å². The standard InChI is InChI=1S/C9H15NO2.C5H10.C2H6/c1-3-9(12)8-5-4-6-10(8)7(2)11;1-2-4-5-3-1;1-2/h8H,3-6H2,1-2H3;1-5H2;1-2H3. The van der Waals surface area contributed by atoms with Crippen LogP contribution in [-0.2, 0) is 9.59 Å². The first-order valence-electron chi connectivity index (χ1n) is 7.96. The van der Waals surface area contributed by atoms with E-state index in [4.69, 9.17) is 0 Å². The van der Waals surface area contributed by atoms with E-state index in [0.29, 0.717) is 6.42 Å². The van der Waals surface area contributed by atoms with Crippen molar-refractivity contribution in [3.63, 3.8) is 0 Å². The summed E-state index contributed by atoms with van der Waals surface area (Å²) in [5.74, 6) is 0.224. The number of nitrogens with zero attached hydrogens (tertiary/aromatic N) is 1. The van der Waals surface area contributed by atoms with Gasteiger partial charge in [-0.3, -0.25) is 9.59 Å². The van der Waals surface area contributed by atoms with Gasteiger partial charge in [0.1, 0.15) is 0 Å². The lowest BCUT2D eigenvalue weighted by molar-refractivity contribution is -0.135. The van der Waals surface area contributed by atoms with Gasteiger partial charge in [0.05, 0.1) is 6.04 Å². The Kier molecular flexibility index (Phi) is 10.5. The lowest BCUT2D eigenvalue weighted by atomic mass is 10.1. The third kappa shape index (κ3) is 6.74. The topological polar surface area (TPSA) is 37.4 Å². The van der Waals surface area contributed by atoms with E-state index in [1.165, 1.54) is 39.0 Å². The molecule has 3 heteroatoms. The van der Waals surface area contributed by atoms with Gasteiger partial charge < -0.3 is 4.90 Å². The summed E-state index contributed by atoms with van der Waals surface area (Å²) in [6.07, 6.45) is 9.86. The molecule has 1 amide bonds. The van der Waals surface area contributed by atoms with Gasteiger partial charge in [0.15, 0.2) is 5.78 Å². The molecule has 1 atom stereocenters. The predicted octanol–water partition coefficient (Wildman–Crippen LogP) is 3.95. The van der Waals surface area contributed by atoms with Crippen LogP contribution in [0.3, 0.4) is 0 Å². The molecule has 2 rings (SSSR count). The predicted molar refractivity (Wildman–Crippen MR) is 80.1 cm³/mol. The van der Waals surface area contributed by atoms with Crippen molar-refractivity contribution < 1.29 is 9.59 Å². The molecule has 2 fully saturated rings. The van der Waals surface area contributed by atoms with E-state index in [0.717, 1.165) is 19.4 Å². The van der Waals surface area contributed by atoms with Gasteiger partial charge >= 0.3 is 0 Å². The molecule has 0 spiro atoms. The van der Waals surface area contributed by atoms with Crippen molar-refractivity contribution in [3.8, 4) is 0 Å². The quantitative estimate of drug-likeness (QED) is 0.761. The summed E-state index contributed by atoms with van der Waals surface area (Å²) in [6, 6.07) is -0.118. The zero-order valence-electron chi connectivity index (χ0n) is 13.2. The Morgan fingerprint density at radius 1 is 1.00 bits per heavy atom. The second-order valence-electron chi connectivity index (χ2n) is 4.96. The van der Waals surface area contributed by atoms with E-state index in [2.05, 4.69) is 0 Å². The summed E-state index contributed by atoms with van der Waals surface area (Å²) < 4.78 is 0. The minimum atomic E-state index is -0.118. The van der Waals surface area contributed by atoms with Crippen molar-refractivity contribution in [1.29, 1.82) is 0 Å². The maximum Gasteiger partial charge on any atom is 0.220 e. The summed E-state index contributed by atoms with van der Waals surface area (Å²) in [5.41, 5.74) is 0. The lowest BCUT2D eigenvalue weighted by Crippen LogP contribution is -2.38. The number of amides is 1. The fourth-order valence-electron chi connectivity index (χ4n) is 2.60. The Morgan fingerprint density at radius 3 is 1.84 bits per heavy atom. The van der Waals surface area contributed by atoms with Gasteiger partial charge in [-0.05, 0) is 12.8 Å². The lowest BCUT2D eigenvalue weighted by Gasteiger charge is -2.21. The first-order valence-corrected chi connectivity index (χ1v) is 7.96. The fraction of sp³-hybridized carbons (Fsp3) is 0.875. The SMILES string of the molecule is C1CCCC1.CC.CCC(=O)C1CCCN1C(C)=O. The molecule has 1 aliphatic heterocycles. The third-order valence-electron chi connectivity index (χ3n) is 3.63. The zero-order valence-corrected chi connectivity index (χ0v) is 13.2. The van der Waals surface area contributed by atoms with Crippen molar-refractivity contribution in [2.45, 2.75) is 85.1 Å². The highest BCUT2D eigenvalue weighted by Gasteiger charge is 2.30. The number of carbonyl (C=O) groups excluding carboxylic acids is 2. The molecule has 0 N–H and O–H groups in total. The normalized spacial score (nSPS) is 21.1. The van der Waals surface area contributed by atoms with E-state index in [-0.39, 0.29) is 17.7 Å². The molecular formula is C16H31NO2. The first-order chi connectivity index (χ1) is 9.16. The van der Waals surface area contributed by atoms with E-state index in [1.807, 2.05) is 20.8 Å². The average Bonchev–Trinajstić information content (AvgIpc) is 3.13. The van der Waals surface area contributed by atoms with Gasteiger partial charge in [-0.15, -0.1) is 0 Å². The summed E-state index contributed by atoms with van der Waals surface area (Å²) >= 11 is 0. The monoisotopic (exact) mass is 269 g/mol. The van der Waals surface area contributed by atoms with E-state index < -0.39 is 0 Å². The summed E-state index contributed by atoms with van der Waals surface area (Å²) in [7, 11) is 0. The van der Waals surface area contributed by atoms with Crippen LogP contribution in [0.5, 0.6) is 0 Å². The van der Waals surface area contributed by atoms with Gasteiger partial charge in [-0.1, -0.05) is 52.9 Å². The molecule has 0 aromatic rings. The van der Waals surface area contributed by atoms with Crippen molar-refractivity contribution in [2.24, 2.45) is 0 Å². The minimum Gasteiger partial charge on any atom is -0.333 e. The average molecular weight is 269 g/mol. The maximum atomic E-state index is 11.3. The van der Waals surface area contributed by atoms with Crippen LogP contribution >= 0.6 is 0 Å². The summed E-state index contributed by atoms with van der Waals surface area (Å²) in [4.78, 5) is 24.1. The Balaban J connectivity index is 0.000000383. The number of carbonyl (C=O) groups is 2. The van der Waals surface area contributed by atoms with Gasteiger partial charge in [-0.25, -0.2) is 0 Å². The number of hydrogen-bond acceptors (Lipinski definition) is 2. The van der Waals surface area contributed by atoms with Crippen LogP contribution in [0.1, 0.15) is 79.1 Å². The second-order valence-corrected chi connectivity index (χ2v) is 4.96. The molecule has 112 valence electrons. The van der Waals surface area contributed by atoms with Crippen molar-refractivity contribution >= 4 is 11.7 Å². The Hall–Kier alpha value is -0.860. The number of ketones is 1. The molecule has 0 radical (unpaired) electrons. The number of rotatable bonds is 2. The Bertz CT molecular complexity index is 252. The number of hydrogen-bond donors (Lipinski definition) is 0. The van der Waals surface area contributed by atoms with E-state index in [9.17, 15) is 9.59 Å². The molecule has 0 aromatic carbocycles.